The van der Waals surface area contributed by atoms with Crippen LogP contribution in [0.25, 0.3) is 11.3 Å². The number of H-pyrrole nitrogens is 1. The lowest BCUT2D eigenvalue weighted by atomic mass is 10.0. The van der Waals surface area contributed by atoms with Crippen LogP contribution in [-0.2, 0) is 11.2 Å². The molecule has 1 atom stereocenters. The van der Waals surface area contributed by atoms with Crippen molar-refractivity contribution in [2.24, 2.45) is 5.73 Å². The predicted molar refractivity (Wildman–Crippen MR) is 68.3 cm³/mol. The third kappa shape index (κ3) is 2.69. The average molecular weight is 266 g/mol. The molecular weight excluding hydrogens is 254 g/mol. The second-order valence-electron chi connectivity index (χ2n) is 3.93. The van der Waals surface area contributed by atoms with Gasteiger partial charge >= 0.3 is 5.97 Å². The lowest BCUT2D eigenvalue weighted by Gasteiger charge is -2.07. The number of rotatable bonds is 4. The predicted octanol–water partition coefficient (Wildman–Crippen LogP) is 1.68. The molecule has 2 rings (SSSR count). The molecule has 2 aromatic rings. The van der Waals surface area contributed by atoms with Crippen LogP contribution in [0.2, 0.25) is 5.02 Å². The number of carboxylic acid groups (broad SMARTS) is 1. The summed E-state index contributed by atoms with van der Waals surface area (Å²) in [6.45, 7) is 0. The highest BCUT2D eigenvalue weighted by Crippen LogP contribution is 2.23. The van der Waals surface area contributed by atoms with Crippen LogP contribution in [0, 0.1) is 0 Å². The number of aromatic nitrogens is 2. The van der Waals surface area contributed by atoms with Gasteiger partial charge in [0.2, 0.25) is 0 Å². The fourth-order valence-corrected chi connectivity index (χ4v) is 1.78. The molecule has 0 amide bonds. The number of carbonyl (C=O) groups is 1. The number of aliphatic carboxylic acids is 1. The number of nitrogens with one attached hydrogen (secondary N) is 1. The molecule has 0 spiro atoms. The summed E-state index contributed by atoms with van der Waals surface area (Å²) in [5, 5.41) is 16.2. The fourth-order valence-electron chi connectivity index (χ4n) is 1.66. The Morgan fingerprint density at radius 3 is 2.72 bits per heavy atom. The Hall–Kier alpha value is -1.85. The van der Waals surface area contributed by atoms with Crippen LogP contribution in [0.1, 0.15) is 5.56 Å². The van der Waals surface area contributed by atoms with Crippen molar-refractivity contribution in [2.45, 2.75) is 12.5 Å². The average Bonchev–Trinajstić information content (AvgIpc) is 2.78. The number of benzene rings is 1. The summed E-state index contributed by atoms with van der Waals surface area (Å²) in [4.78, 5) is 10.7. The molecule has 0 aliphatic carbocycles. The van der Waals surface area contributed by atoms with E-state index in [1.54, 1.807) is 18.3 Å². The zero-order valence-electron chi connectivity index (χ0n) is 9.43. The van der Waals surface area contributed by atoms with Gasteiger partial charge in [0.25, 0.3) is 0 Å². The van der Waals surface area contributed by atoms with Gasteiger partial charge in [-0.15, -0.1) is 0 Å². The van der Waals surface area contributed by atoms with Gasteiger partial charge in [0.05, 0.1) is 11.9 Å². The largest absolute Gasteiger partial charge is 0.480 e. The summed E-state index contributed by atoms with van der Waals surface area (Å²) in [5.74, 6) is -1.03. The molecule has 94 valence electrons. The maximum absolute atomic E-state index is 10.7. The van der Waals surface area contributed by atoms with Crippen molar-refractivity contribution in [1.82, 2.24) is 10.2 Å². The number of nitrogens with zero attached hydrogens (tertiary/aromatic N) is 1. The van der Waals surface area contributed by atoms with E-state index in [9.17, 15) is 4.79 Å². The van der Waals surface area contributed by atoms with Gasteiger partial charge < -0.3 is 10.8 Å². The van der Waals surface area contributed by atoms with E-state index in [0.717, 1.165) is 16.8 Å². The number of aromatic amines is 1. The number of halogens is 1. The van der Waals surface area contributed by atoms with Crippen LogP contribution >= 0.6 is 11.6 Å². The van der Waals surface area contributed by atoms with Crippen LogP contribution < -0.4 is 5.73 Å². The van der Waals surface area contributed by atoms with Crippen molar-refractivity contribution in [3.05, 3.63) is 41.0 Å². The zero-order valence-corrected chi connectivity index (χ0v) is 10.2. The monoisotopic (exact) mass is 265 g/mol. The van der Waals surface area contributed by atoms with E-state index in [0.29, 0.717) is 5.02 Å². The quantitative estimate of drug-likeness (QED) is 0.784. The number of hydrogen-bond donors (Lipinski definition) is 3. The molecule has 1 heterocycles. The van der Waals surface area contributed by atoms with Crippen molar-refractivity contribution in [3.63, 3.8) is 0 Å². The zero-order chi connectivity index (χ0) is 13.1. The molecule has 0 saturated carbocycles. The Bertz CT molecular complexity index is 551. The summed E-state index contributed by atoms with van der Waals surface area (Å²) in [6.07, 6.45) is 1.82. The van der Waals surface area contributed by atoms with Gasteiger partial charge in [0, 0.05) is 11.4 Å². The van der Waals surface area contributed by atoms with Crippen LogP contribution in [0.4, 0.5) is 0 Å². The summed E-state index contributed by atoms with van der Waals surface area (Å²) in [7, 11) is 0. The van der Waals surface area contributed by atoms with Crippen LogP contribution in [-0.4, -0.2) is 27.3 Å². The first-order chi connectivity index (χ1) is 8.58. The van der Waals surface area contributed by atoms with E-state index in [4.69, 9.17) is 22.4 Å². The van der Waals surface area contributed by atoms with E-state index < -0.39 is 12.0 Å². The molecule has 18 heavy (non-hydrogen) atoms. The molecule has 0 aliphatic rings. The third-order valence-electron chi connectivity index (χ3n) is 2.61. The second-order valence-corrected chi connectivity index (χ2v) is 4.36. The van der Waals surface area contributed by atoms with Gasteiger partial charge in [-0.1, -0.05) is 23.7 Å². The maximum Gasteiger partial charge on any atom is 0.320 e. The van der Waals surface area contributed by atoms with E-state index in [-0.39, 0.29) is 6.42 Å². The van der Waals surface area contributed by atoms with E-state index in [2.05, 4.69) is 10.2 Å². The molecule has 0 radical (unpaired) electrons. The van der Waals surface area contributed by atoms with Gasteiger partial charge in [-0.2, -0.15) is 5.10 Å². The maximum atomic E-state index is 10.7. The second kappa shape index (κ2) is 5.20. The lowest BCUT2D eigenvalue weighted by molar-refractivity contribution is -0.138. The molecule has 1 aromatic heterocycles. The first-order valence-corrected chi connectivity index (χ1v) is 5.72. The Morgan fingerprint density at radius 1 is 1.44 bits per heavy atom. The molecule has 1 aromatic carbocycles. The van der Waals surface area contributed by atoms with Gasteiger partial charge in [-0.25, -0.2) is 0 Å². The molecule has 4 N–H and O–H groups in total. The Balaban J connectivity index is 2.27. The highest BCUT2D eigenvalue weighted by Gasteiger charge is 2.16. The summed E-state index contributed by atoms with van der Waals surface area (Å²) in [6, 6.07) is 6.27. The molecule has 1 unspecified atom stereocenters. The summed E-state index contributed by atoms with van der Waals surface area (Å²) in [5.41, 5.74) is 7.95. The Morgan fingerprint density at radius 2 is 2.11 bits per heavy atom. The standard InChI is InChI=1S/C12H12ClN3O2/c13-9-3-1-7(2-4-9)11-8(6-15-16-11)5-10(14)12(17)18/h1-4,6,10H,5,14H2,(H,15,16)(H,17,18). The van der Waals surface area contributed by atoms with Gasteiger partial charge in [-0.3, -0.25) is 9.89 Å². The first-order valence-electron chi connectivity index (χ1n) is 5.34. The molecular formula is C12H12ClN3O2. The lowest BCUT2D eigenvalue weighted by Crippen LogP contribution is -2.32. The Labute approximate surface area is 109 Å². The van der Waals surface area contributed by atoms with Crippen LogP contribution in [0.15, 0.2) is 30.5 Å². The van der Waals surface area contributed by atoms with Gasteiger partial charge in [0.1, 0.15) is 6.04 Å². The summed E-state index contributed by atoms with van der Waals surface area (Å²) >= 11 is 5.82. The molecule has 0 bridgehead atoms. The molecule has 5 nitrogen and oxygen atoms in total. The fraction of sp³-hybridized carbons (Fsp3) is 0.167. The minimum atomic E-state index is -1.03. The first kappa shape index (κ1) is 12.6. The van der Waals surface area contributed by atoms with E-state index in [1.165, 1.54) is 0 Å². The molecule has 0 fully saturated rings. The third-order valence-corrected chi connectivity index (χ3v) is 2.86. The van der Waals surface area contributed by atoms with Gasteiger partial charge in [0.15, 0.2) is 0 Å². The van der Waals surface area contributed by atoms with Crippen molar-refractivity contribution in [2.75, 3.05) is 0 Å². The highest BCUT2D eigenvalue weighted by atomic mass is 35.5. The molecule has 0 aliphatic heterocycles. The topological polar surface area (TPSA) is 92.0 Å². The molecule has 6 heteroatoms. The highest BCUT2D eigenvalue weighted by molar-refractivity contribution is 6.30. The summed E-state index contributed by atoms with van der Waals surface area (Å²) < 4.78 is 0. The van der Waals surface area contributed by atoms with E-state index in [1.807, 2.05) is 12.1 Å². The SMILES string of the molecule is NC(Cc1cn[nH]c1-c1ccc(Cl)cc1)C(=O)O. The van der Waals surface area contributed by atoms with Crippen LogP contribution in [0.5, 0.6) is 0 Å². The van der Waals surface area contributed by atoms with Gasteiger partial charge in [-0.05, 0) is 23.3 Å². The number of hydrogen-bond acceptors (Lipinski definition) is 3. The minimum Gasteiger partial charge on any atom is -0.480 e. The molecule has 0 saturated heterocycles. The van der Waals surface area contributed by atoms with Crippen LogP contribution in [0.3, 0.4) is 0 Å². The smallest absolute Gasteiger partial charge is 0.320 e. The van der Waals surface area contributed by atoms with Crippen molar-refractivity contribution in [3.8, 4) is 11.3 Å². The number of nitrogens with two attached hydrogens (primary N) is 1. The van der Waals surface area contributed by atoms with Crippen molar-refractivity contribution in [1.29, 1.82) is 0 Å². The number of carboxylic acids is 1. The Kier molecular flexibility index (Phi) is 3.64. The van der Waals surface area contributed by atoms with Crippen molar-refractivity contribution < 1.29 is 9.90 Å². The van der Waals surface area contributed by atoms with Crippen molar-refractivity contribution >= 4 is 17.6 Å². The van der Waals surface area contributed by atoms with E-state index >= 15 is 0 Å². The minimum absolute atomic E-state index is 0.226. The normalized spacial score (nSPS) is 12.3.